The number of non-ortho nitro benzene ring substituents is 1. The molecule has 8 nitrogen and oxygen atoms in total. The summed E-state index contributed by atoms with van der Waals surface area (Å²) in [6, 6.07) is 3.90. The van der Waals surface area contributed by atoms with Crippen LogP contribution in [0.4, 0.5) is 5.69 Å². The van der Waals surface area contributed by atoms with Gasteiger partial charge in [0, 0.05) is 17.3 Å². The van der Waals surface area contributed by atoms with E-state index in [1.54, 1.807) is 13.8 Å². The normalized spacial score (nSPS) is 11.7. The van der Waals surface area contributed by atoms with E-state index in [-0.39, 0.29) is 34.4 Å². The minimum atomic E-state index is -0.942. The van der Waals surface area contributed by atoms with Crippen molar-refractivity contribution in [3.05, 3.63) is 50.8 Å². The molecule has 1 N–H and O–H groups in total. The molecule has 1 atom stereocenters. The standard InChI is InChI=1S/C18H20N2O6/c1-9-16(11(3)21)10(2)19-17(9)18(22)12(4)26-15-8-13(20(23)24)6-7-14(15)25-5/h6-8,12,19H,1-5H3/t12-/m1/s1. The van der Waals surface area contributed by atoms with E-state index in [9.17, 15) is 19.7 Å². The van der Waals surface area contributed by atoms with Gasteiger partial charge in [0.15, 0.2) is 23.4 Å². The van der Waals surface area contributed by atoms with E-state index in [4.69, 9.17) is 9.47 Å². The number of nitro groups is 1. The van der Waals surface area contributed by atoms with Crippen LogP contribution in [0.5, 0.6) is 11.5 Å². The van der Waals surface area contributed by atoms with Crippen molar-refractivity contribution in [2.24, 2.45) is 0 Å². The van der Waals surface area contributed by atoms with Gasteiger partial charge in [-0.3, -0.25) is 19.7 Å². The van der Waals surface area contributed by atoms with E-state index in [1.807, 2.05) is 0 Å². The van der Waals surface area contributed by atoms with Crippen molar-refractivity contribution in [3.8, 4) is 11.5 Å². The van der Waals surface area contributed by atoms with Gasteiger partial charge in [-0.2, -0.15) is 0 Å². The van der Waals surface area contributed by atoms with Crippen LogP contribution in [0.3, 0.4) is 0 Å². The Bertz CT molecular complexity index is 884. The molecule has 1 aromatic heterocycles. The smallest absolute Gasteiger partial charge is 0.273 e. The fraction of sp³-hybridized carbons (Fsp3) is 0.333. The van der Waals surface area contributed by atoms with E-state index in [2.05, 4.69) is 4.98 Å². The summed E-state index contributed by atoms with van der Waals surface area (Å²) in [5.74, 6) is -0.134. The second-order valence-electron chi connectivity index (χ2n) is 5.90. The van der Waals surface area contributed by atoms with E-state index in [1.165, 1.54) is 39.2 Å². The number of hydrogen-bond donors (Lipinski definition) is 1. The maximum absolute atomic E-state index is 12.7. The van der Waals surface area contributed by atoms with Crippen LogP contribution in [-0.4, -0.2) is 34.7 Å². The zero-order chi connectivity index (χ0) is 19.6. The molecule has 2 rings (SSSR count). The summed E-state index contributed by atoms with van der Waals surface area (Å²) in [7, 11) is 1.40. The van der Waals surface area contributed by atoms with Crippen LogP contribution >= 0.6 is 0 Å². The van der Waals surface area contributed by atoms with Crippen molar-refractivity contribution in [1.29, 1.82) is 0 Å². The Hall–Kier alpha value is -3.16. The predicted molar refractivity (Wildman–Crippen MR) is 94.3 cm³/mol. The summed E-state index contributed by atoms with van der Waals surface area (Å²) in [5.41, 5.74) is 1.75. The third-order valence-corrected chi connectivity index (χ3v) is 4.07. The van der Waals surface area contributed by atoms with Crippen LogP contribution in [0.1, 0.15) is 46.0 Å². The van der Waals surface area contributed by atoms with E-state index in [0.29, 0.717) is 16.8 Å². The van der Waals surface area contributed by atoms with Crippen LogP contribution in [0, 0.1) is 24.0 Å². The molecule has 1 heterocycles. The minimum absolute atomic E-state index is 0.0928. The highest BCUT2D eigenvalue weighted by molar-refractivity contribution is 6.04. The third kappa shape index (κ3) is 3.58. The summed E-state index contributed by atoms with van der Waals surface area (Å²) >= 11 is 0. The van der Waals surface area contributed by atoms with Gasteiger partial charge in [-0.25, -0.2) is 0 Å². The fourth-order valence-electron chi connectivity index (χ4n) is 2.84. The molecule has 1 aromatic carbocycles. The maximum atomic E-state index is 12.7. The predicted octanol–water partition coefficient (Wildman–Crippen LogP) is 3.40. The number of rotatable bonds is 7. The number of methoxy groups -OCH3 is 1. The van der Waals surface area contributed by atoms with Crippen LogP contribution in [0.2, 0.25) is 0 Å². The number of aromatic nitrogens is 1. The van der Waals surface area contributed by atoms with Crippen LogP contribution in [-0.2, 0) is 0 Å². The number of ether oxygens (including phenoxy) is 2. The van der Waals surface area contributed by atoms with Crippen molar-refractivity contribution in [2.45, 2.75) is 33.8 Å². The van der Waals surface area contributed by atoms with Gasteiger partial charge < -0.3 is 14.5 Å². The highest BCUT2D eigenvalue weighted by Crippen LogP contribution is 2.32. The lowest BCUT2D eigenvalue weighted by atomic mass is 10.0. The molecule has 0 aliphatic carbocycles. The highest BCUT2D eigenvalue weighted by Gasteiger charge is 2.26. The molecule has 0 spiro atoms. The molecular formula is C18H20N2O6. The molecule has 0 radical (unpaired) electrons. The first-order valence-corrected chi connectivity index (χ1v) is 7.90. The second-order valence-corrected chi connectivity index (χ2v) is 5.90. The number of Topliss-reactive ketones (excluding diaryl/α,β-unsaturated/α-hetero) is 2. The number of benzene rings is 1. The molecule has 0 aliphatic heterocycles. The van der Waals surface area contributed by atoms with Gasteiger partial charge in [-0.1, -0.05) is 0 Å². The van der Waals surface area contributed by atoms with E-state index < -0.39 is 11.0 Å². The number of aryl methyl sites for hydroxylation is 1. The molecule has 0 saturated carbocycles. The van der Waals surface area contributed by atoms with Gasteiger partial charge in [0.2, 0.25) is 5.78 Å². The number of ketones is 2. The number of nitrogens with zero attached hydrogens (tertiary/aromatic N) is 1. The molecule has 0 aliphatic rings. The Kier molecular flexibility index (Phi) is 5.44. The molecule has 0 bridgehead atoms. The molecular weight excluding hydrogens is 340 g/mol. The van der Waals surface area contributed by atoms with Crippen LogP contribution < -0.4 is 9.47 Å². The average molecular weight is 360 g/mol. The lowest BCUT2D eigenvalue weighted by Crippen LogP contribution is -2.25. The van der Waals surface area contributed by atoms with E-state index >= 15 is 0 Å². The van der Waals surface area contributed by atoms with Gasteiger partial charge in [0.05, 0.1) is 23.8 Å². The summed E-state index contributed by atoms with van der Waals surface area (Å²) in [4.78, 5) is 37.8. The molecule has 8 heteroatoms. The first kappa shape index (κ1) is 19.2. The zero-order valence-electron chi connectivity index (χ0n) is 15.2. The Labute approximate surface area is 150 Å². The molecule has 0 fully saturated rings. The molecule has 0 unspecified atom stereocenters. The number of hydrogen-bond acceptors (Lipinski definition) is 6. The summed E-state index contributed by atoms with van der Waals surface area (Å²) < 4.78 is 10.8. The molecule has 26 heavy (non-hydrogen) atoms. The number of H-pyrrole nitrogens is 1. The largest absolute Gasteiger partial charge is 0.493 e. The van der Waals surface area contributed by atoms with E-state index in [0.717, 1.165) is 0 Å². The molecule has 0 saturated heterocycles. The van der Waals surface area contributed by atoms with Crippen molar-refractivity contribution >= 4 is 17.3 Å². The molecule has 0 amide bonds. The summed E-state index contributed by atoms with van der Waals surface area (Å²) in [6.07, 6.45) is -0.942. The zero-order valence-corrected chi connectivity index (χ0v) is 15.2. The SMILES string of the molecule is COc1ccc([N+](=O)[O-])cc1O[C@H](C)C(=O)c1[nH]c(C)c(C(C)=O)c1C. The minimum Gasteiger partial charge on any atom is -0.493 e. The van der Waals surface area contributed by atoms with Gasteiger partial charge in [0.25, 0.3) is 5.69 Å². The fourth-order valence-corrected chi connectivity index (χ4v) is 2.84. The van der Waals surface area contributed by atoms with Gasteiger partial charge in [-0.15, -0.1) is 0 Å². The van der Waals surface area contributed by atoms with Crippen molar-refractivity contribution in [2.75, 3.05) is 7.11 Å². The number of nitrogens with one attached hydrogen (secondary N) is 1. The Morgan fingerprint density at radius 2 is 1.88 bits per heavy atom. The lowest BCUT2D eigenvalue weighted by Gasteiger charge is -2.16. The number of carbonyl (C=O) groups is 2. The molecule has 2 aromatic rings. The van der Waals surface area contributed by atoms with Crippen molar-refractivity contribution in [1.82, 2.24) is 4.98 Å². The Morgan fingerprint density at radius 3 is 2.38 bits per heavy atom. The Morgan fingerprint density at radius 1 is 1.23 bits per heavy atom. The maximum Gasteiger partial charge on any atom is 0.273 e. The average Bonchev–Trinajstić information content (AvgIpc) is 2.88. The quantitative estimate of drug-likeness (QED) is 0.460. The number of nitro benzene ring substituents is 1. The Balaban J connectivity index is 2.33. The van der Waals surface area contributed by atoms with Crippen LogP contribution in [0.15, 0.2) is 18.2 Å². The van der Waals surface area contributed by atoms with Gasteiger partial charge >= 0.3 is 0 Å². The second kappa shape index (κ2) is 7.38. The van der Waals surface area contributed by atoms with Crippen LogP contribution in [0.25, 0.3) is 0 Å². The lowest BCUT2D eigenvalue weighted by molar-refractivity contribution is -0.385. The van der Waals surface area contributed by atoms with Gasteiger partial charge in [-0.05, 0) is 39.3 Å². The molecule has 138 valence electrons. The first-order valence-electron chi connectivity index (χ1n) is 7.90. The van der Waals surface area contributed by atoms with Gasteiger partial charge in [0.1, 0.15) is 0 Å². The van der Waals surface area contributed by atoms with Crippen molar-refractivity contribution in [3.63, 3.8) is 0 Å². The highest BCUT2D eigenvalue weighted by atomic mass is 16.6. The summed E-state index contributed by atoms with van der Waals surface area (Å²) in [6.45, 7) is 6.37. The van der Waals surface area contributed by atoms with Crippen molar-refractivity contribution < 1.29 is 24.0 Å². The summed E-state index contributed by atoms with van der Waals surface area (Å²) in [5, 5.41) is 10.9. The topological polar surface area (TPSA) is 112 Å². The monoisotopic (exact) mass is 360 g/mol. The first-order chi connectivity index (χ1) is 12.2. The number of carbonyl (C=O) groups excluding carboxylic acids is 2. The third-order valence-electron chi connectivity index (χ3n) is 4.07. The number of aromatic amines is 1.